The van der Waals surface area contributed by atoms with Crippen LogP contribution in [0.15, 0.2) is 54.1 Å². The lowest BCUT2D eigenvalue weighted by molar-refractivity contribution is -0.141. The lowest BCUT2D eigenvalue weighted by Gasteiger charge is -2.35. The molecule has 4 rings (SSSR count). The van der Waals surface area contributed by atoms with E-state index in [2.05, 4.69) is 13.8 Å². The fraction of sp³-hybridized carbons (Fsp3) is 0.407. The Kier molecular flexibility index (Phi) is 7.08. The second kappa shape index (κ2) is 10.0. The first-order valence-electron chi connectivity index (χ1n) is 11.7. The number of halogens is 1. The highest BCUT2D eigenvalue weighted by molar-refractivity contribution is 6.46. The molecule has 0 radical (unpaired) electrons. The van der Waals surface area contributed by atoms with Crippen molar-refractivity contribution in [2.75, 3.05) is 6.61 Å². The minimum absolute atomic E-state index is 0.0260. The monoisotopic (exact) mass is 467 g/mol. The van der Waals surface area contributed by atoms with E-state index in [1.54, 1.807) is 35.2 Å². The Bertz CT molecular complexity index is 1050. The van der Waals surface area contributed by atoms with Gasteiger partial charge in [0.1, 0.15) is 11.5 Å². The van der Waals surface area contributed by atoms with Crippen molar-refractivity contribution in [1.82, 2.24) is 4.90 Å². The van der Waals surface area contributed by atoms with Gasteiger partial charge in [-0.05, 0) is 48.6 Å². The normalized spacial score (nSPS) is 21.1. The quantitative estimate of drug-likeness (QED) is 0.315. The molecule has 1 heterocycles. The van der Waals surface area contributed by atoms with Gasteiger partial charge in [-0.15, -0.1) is 0 Å². The lowest BCUT2D eigenvalue weighted by atomic mass is 9.91. The first kappa shape index (κ1) is 23.4. The van der Waals surface area contributed by atoms with E-state index in [9.17, 15) is 14.7 Å². The summed E-state index contributed by atoms with van der Waals surface area (Å²) < 4.78 is 5.80. The van der Waals surface area contributed by atoms with E-state index >= 15 is 0 Å². The zero-order valence-corrected chi connectivity index (χ0v) is 19.8. The molecule has 1 amide bonds. The van der Waals surface area contributed by atoms with Crippen LogP contribution in [0.2, 0.25) is 5.02 Å². The number of ether oxygens (including phenoxy) is 1. The average molecular weight is 468 g/mol. The Morgan fingerprint density at radius 3 is 2.45 bits per heavy atom. The Labute approximate surface area is 200 Å². The predicted molar refractivity (Wildman–Crippen MR) is 129 cm³/mol. The summed E-state index contributed by atoms with van der Waals surface area (Å²) in [5.41, 5.74) is 1.34. The smallest absolute Gasteiger partial charge is 0.295 e. The molecule has 0 spiro atoms. The van der Waals surface area contributed by atoms with E-state index < -0.39 is 17.7 Å². The van der Waals surface area contributed by atoms with Crippen LogP contribution in [0, 0.1) is 5.92 Å². The summed E-state index contributed by atoms with van der Waals surface area (Å²) in [5, 5.41) is 11.9. The van der Waals surface area contributed by atoms with Crippen molar-refractivity contribution in [2.45, 2.75) is 58.0 Å². The summed E-state index contributed by atoms with van der Waals surface area (Å²) in [5.74, 6) is -0.408. The molecule has 2 fully saturated rings. The van der Waals surface area contributed by atoms with Gasteiger partial charge in [-0.1, -0.05) is 69.0 Å². The summed E-state index contributed by atoms with van der Waals surface area (Å²) in [7, 11) is 0. The van der Waals surface area contributed by atoms with Gasteiger partial charge in [-0.2, -0.15) is 0 Å². The zero-order valence-electron chi connectivity index (χ0n) is 19.1. The highest BCUT2D eigenvalue weighted by atomic mass is 35.5. The van der Waals surface area contributed by atoms with E-state index in [0.717, 1.165) is 37.7 Å². The van der Waals surface area contributed by atoms with E-state index in [0.29, 0.717) is 28.9 Å². The first-order valence-corrected chi connectivity index (χ1v) is 12.0. The van der Waals surface area contributed by atoms with Gasteiger partial charge in [0.05, 0.1) is 18.2 Å². The molecule has 5 nitrogen and oxygen atoms in total. The van der Waals surface area contributed by atoms with Gasteiger partial charge >= 0.3 is 0 Å². The van der Waals surface area contributed by atoms with Gasteiger partial charge < -0.3 is 14.7 Å². The Morgan fingerprint density at radius 2 is 1.79 bits per heavy atom. The molecule has 1 aliphatic heterocycles. The van der Waals surface area contributed by atoms with E-state index in [4.69, 9.17) is 16.3 Å². The molecule has 1 saturated carbocycles. The fourth-order valence-corrected chi connectivity index (χ4v) is 4.84. The molecule has 2 aromatic carbocycles. The molecule has 0 aromatic heterocycles. The van der Waals surface area contributed by atoms with Crippen LogP contribution in [0.3, 0.4) is 0 Å². The zero-order chi connectivity index (χ0) is 23.5. The standard InChI is InChI=1S/C27H30ClNO4/c1-17(2)16-33-22-10-6-7-19(15-22)25(30)23-24(18-11-13-20(28)14-12-18)29(27(32)26(23)31)21-8-4-3-5-9-21/h6-7,10-15,17,21,24,30H,3-5,8-9,16H2,1-2H3/b25-23-. The number of rotatable bonds is 6. The molecule has 1 aliphatic carbocycles. The summed E-state index contributed by atoms with van der Waals surface area (Å²) >= 11 is 6.10. The van der Waals surface area contributed by atoms with Crippen LogP contribution in [0.1, 0.15) is 63.1 Å². The maximum atomic E-state index is 13.3. The van der Waals surface area contributed by atoms with Crippen LogP contribution in [0.4, 0.5) is 0 Å². The summed E-state index contributed by atoms with van der Waals surface area (Å²) in [4.78, 5) is 28.2. The van der Waals surface area contributed by atoms with Gasteiger partial charge in [0, 0.05) is 16.6 Å². The molecule has 174 valence electrons. The van der Waals surface area contributed by atoms with Gasteiger partial charge in [0.25, 0.3) is 11.7 Å². The second-order valence-electron chi connectivity index (χ2n) is 9.28. The number of aliphatic hydroxyl groups is 1. The molecule has 0 bridgehead atoms. The number of carbonyl (C=O) groups is 2. The topological polar surface area (TPSA) is 66.8 Å². The Balaban J connectivity index is 1.79. The number of Topliss-reactive ketones (excluding diaryl/α,β-unsaturated/α-hetero) is 1. The molecule has 1 atom stereocenters. The minimum atomic E-state index is -0.648. The van der Waals surface area contributed by atoms with Crippen LogP contribution in [-0.2, 0) is 9.59 Å². The van der Waals surface area contributed by atoms with E-state index in [-0.39, 0.29) is 17.4 Å². The predicted octanol–water partition coefficient (Wildman–Crippen LogP) is 6.13. The number of hydrogen-bond acceptors (Lipinski definition) is 4. The molecule has 1 unspecified atom stereocenters. The van der Waals surface area contributed by atoms with Gasteiger partial charge in [-0.25, -0.2) is 0 Å². The third kappa shape index (κ3) is 4.93. The highest BCUT2D eigenvalue weighted by Gasteiger charge is 2.48. The maximum Gasteiger partial charge on any atom is 0.295 e. The number of nitrogens with zero attached hydrogens (tertiary/aromatic N) is 1. The van der Waals surface area contributed by atoms with Crippen molar-refractivity contribution in [1.29, 1.82) is 0 Å². The highest BCUT2D eigenvalue weighted by Crippen LogP contribution is 2.43. The largest absolute Gasteiger partial charge is 0.507 e. The van der Waals surface area contributed by atoms with Gasteiger partial charge in [0.2, 0.25) is 0 Å². The van der Waals surface area contributed by atoms with Crippen LogP contribution >= 0.6 is 11.6 Å². The molecule has 1 saturated heterocycles. The lowest BCUT2D eigenvalue weighted by Crippen LogP contribution is -2.40. The van der Waals surface area contributed by atoms with Gasteiger partial charge in [-0.3, -0.25) is 9.59 Å². The first-order chi connectivity index (χ1) is 15.9. The van der Waals surface area contributed by atoms with Crippen molar-refractivity contribution < 1.29 is 19.4 Å². The maximum absolute atomic E-state index is 13.3. The third-order valence-electron chi connectivity index (χ3n) is 6.32. The van der Waals surface area contributed by atoms with Crippen molar-refractivity contribution in [3.05, 3.63) is 70.3 Å². The number of likely N-dealkylation sites (tertiary alicyclic amines) is 1. The average Bonchev–Trinajstić information content (AvgIpc) is 3.09. The molecular weight excluding hydrogens is 438 g/mol. The number of hydrogen-bond donors (Lipinski definition) is 1. The number of benzene rings is 2. The molecule has 2 aliphatic rings. The molecule has 33 heavy (non-hydrogen) atoms. The second-order valence-corrected chi connectivity index (χ2v) is 9.72. The number of amides is 1. The van der Waals surface area contributed by atoms with Crippen LogP contribution in [-0.4, -0.2) is 34.3 Å². The van der Waals surface area contributed by atoms with Crippen molar-refractivity contribution in [3.63, 3.8) is 0 Å². The van der Waals surface area contributed by atoms with Crippen LogP contribution in [0.25, 0.3) is 5.76 Å². The Hall–Kier alpha value is -2.79. The Morgan fingerprint density at radius 1 is 1.09 bits per heavy atom. The summed E-state index contributed by atoms with van der Waals surface area (Å²) in [6.45, 7) is 4.66. The van der Waals surface area contributed by atoms with Gasteiger partial charge in [0.15, 0.2) is 0 Å². The van der Waals surface area contributed by atoms with E-state index in [1.807, 2.05) is 18.2 Å². The summed E-state index contributed by atoms with van der Waals surface area (Å²) in [6.07, 6.45) is 4.90. The van der Waals surface area contributed by atoms with Crippen LogP contribution in [0.5, 0.6) is 5.75 Å². The van der Waals surface area contributed by atoms with Crippen molar-refractivity contribution in [2.24, 2.45) is 5.92 Å². The fourth-order valence-electron chi connectivity index (χ4n) is 4.71. The number of aliphatic hydroxyl groups excluding tert-OH is 1. The molecular formula is C27H30ClNO4. The van der Waals surface area contributed by atoms with Crippen molar-refractivity contribution >= 4 is 29.1 Å². The SMILES string of the molecule is CC(C)COc1cccc(/C(O)=C2/C(=O)C(=O)N(C3CCCCC3)C2c2ccc(Cl)cc2)c1. The molecule has 1 N–H and O–H groups in total. The molecule has 6 heteroatoms. The summed E-state index contributed by atoms with van der Waals surface area (Å²) in [6, 6.07) is 13.5. The minimum Gasteiger partial charge on any atom is -0.507 e. The third-order valence-corrected chi connectivity index (χ3v) is 6.58. The molecule has 2 aromatic rings. The number of carbonyl (C=O) groups excluding carboxylic acids is 2. The van der Waals surface area contributed by atoms with Crippen LogP contribution < -0.4 is 4.74 Å². The van der Waals surface area contributed by atoms with Crippen molar-refractivity contribution in [3.8, 4) is 5.75 Å². The number of ketones is 1. The van der Waals surface area contributed by atoms with E-state index in [1.165, 1.54) is 0 Å².